The normalized spacial score (nSPS) is 12.7. The second-order valence-corrected chi connectivity index (χ2v) is 5.26. The van der Waals surface area contributed by atoms with E-state index in [2.05, 4.69) is 15.5 Å². The van der Waals surface area contributed by atoms with Crippen molar-refractivity contribution in [1.82, 2.24) is 15.5 Å². The lowest BCUT2D eigenvalue weighted by atomic mass is 10.2. The average molecular weight is 303 g/mol. The van der Waals surface area contributed by atoms with Gasteiger partial charge in [-0.05, 0) is 18.2 Å². The van der Waals surface area contributed by atoms with Crippen molar-refractivity contribution >= 4 is 5.91 Å². The number of benzene rings is 1. The van der Waals surface area contributed by atoms with Gasteiger partial charge in [0.2, 0.25) is 18.6 Å². The molecule has 0 radical (unpaired) electrons. The maximum Gasteiger partial charge on any atom is 0.251 e. The van der Waals surface area contributed by atoms with Crippen molar-refractivity contribution in [2.75, 3.05) is 13.3 Å². The lowest BCUT2D eigenvalue weighted by Crippen LogP contribution is -2.25. The highest BCUT2D eigenvalue weighted by molar-refractivity contribution is 5.94. The number of amides is 1. The number of fused-ring (bicyclic) bond motifs is 1. The first-order valence-corrected chi connectivity index (χ1v) is 7.13. The smallest absolute Gasteiger partial charge is 0.251 e. The number of ether oxygens (including phenoxy) is 2. The Morgan fingerprint density at radius 2 is 2.09 bits per heavy atom. The Bertz CT molecular complexity index is 681. The summed E-state index contributed by atoms with van der Waals surface area (Å²) in [7, 11) is 0. The second kappa shape index (κ2) is 6.05. The van der Waals surface area contributed by atoms with Gasteiger partial charge >= 0.3 is 0 Å². The molecule has 1 aliphatic heterocycles. The minimum atomic E-state index is -0.179. The van der Waals surface area contributed by atoms with E-state index in [0.717, 1.165) is 0 Å². The first kappa shape index (κ1) is 14.4. The molecule has 7 nitrogen and oxygen atoms in total. The van der Waals surface area contributed by atoms with Crippen LogP contribution in [-0.4, -0.2) is 29.4 Å². The molecule has 0 fully saturated rings. The van der Waals surface area contributed by atoms with Crippen LogP contribution in [0.5, 0.6) is 11.5 Å². The summed E-state index contributed by atoms with van der Waals surface area (Å²) >= 11 is 0. The van der Waals surface area contributed by atoms with Gasteiger partial charge in [-0.2, -0.15) is 0 Å². The monoisotopic (exact) mass is 303 g/mol. The van der Waals surface area contributed by atoms with E-state index in [0.29, 0.717) is 41.8 Å². The summed E-state index contributed by atoms with van der Waals surface area (Å²) < 4.78 is 15.9. The van der Waals surface area contributed by atoms with Crippen LogP contribution in [-0.2, 0) is 6.42 Å². The molecule has 2 aromatic rings. The summed E-state index contributed by atoms with van der Waals surface area (Å²) in [5.74, 6) is 2.40. The minimum Gasteiger partial charge on any atom is -0.454 e. The molecule has 0 spiro atoms. The summed E-state index contributed by atoms with van der Waals surface area (Å²) in [4.78, 5) is 12.1. The molecule has 0 aliphatic carbocycles. The maximum absolute atomic E-state index is 12.1. The van der Waals surface area contributed by atoms with Gasteiger partial charge < -0.3 is 19.2 Å². The third-order valence-electron chi connectivity index (χ3n) is 3.24. The summed E-state index contributed by atoms with van der Waals surface area (Å²) in [6.07, 6.45) is 0.496. The molecular formula is C15H17N3O4. The van der Waals surface area contributed by atoms with Crippen molar-refractivity contribution in [3.05, 3.63) is 35.5 Å². The van der Waals surface area contributed by atoms with Gasteiger partial charge in [-0.25, -0.2) is 0 Å². The summed E-state index contributed by atoms with van der Waals surface area (Å²) in [5.41, 5.74) is 0.526. The largest absolute Gasteiger partial charge is 0.454 e. The van der Waals surface area contributed by atoms with Crippen LogP contribution in [0, 0.1) is 0 Å². The van der Waals surface area contributed by atoms with Crippen LogP contribution in [0.4, 0.5) is 0 Å². The number of carbonyl (C=O) groups excluding carboxylic acids is 1. The first-order chi connectivity index (χ1) is 10.6. The zero-order chi connectivity index (χ0) is 15.5. The molecule has 1 aromatic carbocycles. The molecule has 22 heavy (non-hydrogen) atoms. The summed E-state index contributed by atoms with van der Waals surface area (Å²) in [5, 5.41) is 10.7. The van der Waals surface area contributed by atoms with Crippen molar-refractivity contribution in [1.29, 1.82) is 0 Å². The topological polar surface area (TPSA) is 86.5 Å². The number of carbonyl (C=O) groups is 1. The fraction of sp³-hybridized carbons (Fsp3) is 0.400. The van der Waals surface area contributed by atoms with E-state index in [4.69, 9.17) is 13.9 Å². The van der Waals surface area contributed by atoms with Crippen molar-refractivity contribution < 1.29 is 18.7 Å². The van der Waals surface area contributed by atoms with Crippen LogP contribution in [0.1, 0.15) is 41.9 Å². The van der Waals surface area contributed by atoms with Gasteiger partial charge in [0.05, 0.1) is 0 Å². The molecule has 1 N–H and O–H groups in total. The van der Waals surface area contributed by atoms with Crippen LogP contribution in [0.3, 0.4) is 0 Å². The molecule has 0 saturated heterocycles. The predicted molar refractivity (Wildman–Crippen MR) is 77.0 cm³/mol. The second-order valence-electron chi connectivity index (χ2n) is 5.26. The van der Waals surface area contributed by atoms with Crippen LogP contribution >= 0.6 is 0 Å². The van der Waals surface area contributed by atoms with Gasteiger partial charge in [-0.3, -0.25) is 4.79 Å². The van der Waals surface area contributed by atoms with Gasteiger partial charge in [0.25, 0.3) is 5.91 Å². The molecule has 0 bridgehead atoms. The van der Waals surface area contributed by atoms with E-state index >= 15 is 0 Å². The fourth-order valence-electron chi connectivity index (χ4n) is 2.02. The Morgan fingerprint density at radius 3 is 2.86 bits per heavy atom. The molecule has 116 valence electrons. The lowest BCUT2D eigenvalue weighted by molar-refractivity contribution is 0.0953. The van der Waals surface area contributed by atoms with Crippen molar-refractivity contribution in [2.24, 2.45) is 0 Å². The van der Waals surface area contributed by atoms with Crippen molar-refractivity contribution in [3.8, 4) is 11.5 Å². The van der Waals surface area contributed by atoms with E-state index < -0.39 is 0 Å². The molecule has 0 unspecified atom stereocenters. The Balaban J connectivity index is 1.53. The summed E-state index contributed by atoms with van der Waals surface area (Å²) in [6, 6.07) is 5.10. The third-order valence-corrected chi connectivity index (χ3v) is 3.24. The first-order valence-electron chi connectivity index (χ1n) is 7.13. The molecule has 3 rings (SSSR count). The molecule has 1 aromatic heterocycles. The number of hydrogen-bond donors (Lipinski definition) is 1. The molecule has 1 aliphatic rings. The SMILES string of the molecule is CC(C)c1nnc(CCNC(=O)c2ccc3c(c2)OCO3)o1. The zero-order valence-electron chi connectivity index (χ0n) is 12.5. The molecule has 0 saturated carbocycles. The molecule has 2 heterocycles. The zero-order valence-corrected chi connectivity index (χ0v) is 12.5. The Morgan fingerprint density at radius 1 is 1.27 bits per heavy atom. The van der Waals surface area contributed by atoms with E-state index in [1.807, 2.05) is 13.8 Å². The predicted octanol–water partition coefficient (Wildman–Crippen LogP) is 1.89. The fourth-order valence-corrected chi connectivity index (χ4v) is 2.02. The number of nitrogens with one attached hydrogen (secondary N) is 1. The number of hydrogen-bond acceptors (Lipinski definition) is 6. The van der Waals surface area contributed by atoms with Gasteiger partial charge in [-0.1, -0.05) is 13.8 Å². The van der Waals surface area contributed by atoms with Crippen molar-refractivity contribution in [3.63, 3.8) is 0 Å². The number of nitrogens with zero attached hydrogens (tertiary/aromatic N) is 2. The molecule has 1 amide bonds. The van der Waals surface area contributed by atoms with Gasteiger partial charge in [0, 0.05) is 24.4 Å². The summed E-state index contributed by atoms with van der Waals surface area (Å²) in [6.45, 7) is 4.58. The minimum absolute atomic E-state index is 0.179. The highest BCUT2D eigenvalue weighted by Gasteiger charge is 2.16. The Labute approximate surface area is 127 Å². The van der Waals surface area contributed by atoms with Crippen LogP contribution < -0.4 is 14.8 Å². The molecular weight excluding hydrogens is 286 g/mol. The molecule has 7 heteroatoms. The average Bonchev–Trinajstić information content (AvgIpc) is 3.15. The van der Waals surface area contributed by atoms with Crippen LogP contribution in [0.15, 0.2) is 22.6 Å². The van der Waals surface area contributed by atoms with Gasteiger partial charge in [-0.15, -0.1) is 10.2 Å². The van der Waals surface area contributed by atoms with Gasteiger partial charge in [0.15, 0.2) is 11.5 Å². The number of rotatable bonds is 5. The van der Waals surface area contributed by atoms with E-state index in [1.54, 1.807) is 18.2 Å². The Kier molecular flexibility index (Phi) is 3.95. The van der Waals surface area contributed by atoms with E-state index in [9.17, 15) is 4.79 Å². The standard InChI is InChI=1S/C15H17N3O4/c1-9(2)15-18-17-13(22-15)5-6-16-14(19)10-3-4-11-12(7-10)21-8-20-11/h3-4,7,9H,5-6,8H2,1-2H3,(H,16,19). The highest BCUT2D eigenvalue weighted by Crippen LogP contribution is 2.32. The van der Waals surface area contributed by atoms with Gasteiger partial charge in [0.1, 0.15) is 0 Å². The Hall–Kier alpha value is -2.57. The third kappa shape index (κ3) is 3.03. The quantitative estimate of drug-likeness (QED) is 0.907. The van der Waals surface area contributed by atoms with E-state index in [1.165, 1.54) is 0 Å². The highest BCUT2D eigenvalue weighted by atomic mass is 16.7. The van der Waals surface area contributed by atoms with Crippen LogP contribution in [0.2, 0.25) is 0 Å². The number of aromatic nitrogens is 2. The maximum atomic E-state index is 12.1. The lowest BCUT2D eigenvalue weighted by Gasteiger charge is -2.04. The molecule has 0 atom stereocenters. The van der Waals surface area contributed by atoms with E-state index in [-0.39, 0.29) is 18.6 Å². The van der Waals surface area contributed by atoms with Crippen LogP contribution in [0.25, 0.3) is 0 Å². The van der Waals surface area contributed by atoms with Crippen molar-refractivity contribution in [2.45, 2.75) is 26.2 Å².